The predicted octanol–water partition coefficient (Wildman–Crippen LogP) is 2.28. The summed E-state index contributed by atoms with van der Waals surface area (Å²) in [7, 11) is 0. The van der Waals surface area contributed by atoms with Crippen LogP contribution in [0.4, 0.5) is 0 Å². The maximum absolute atomic E-state index is 6.28. The minimum atomic E-state index is -0.302. The molecule has 20 heavy (non-hydrogen) atoms. The van der Waals surface area contributed by atoms with Gasteiger partial charge in [0.1, 0.15) is 0 Å². The van der Waals surface area contributed by atoms with Crippen molar-refractivity contribution in [3.8, 4) is 0 Å². The van der Waals surface area contributed by atoms with Crippen LogP contribution in [0.15, 0.2) is 11.4 Å². The van der Waals surface area contributed by atoms with E-state index in [-0.39, 0.29) is 11.8 Å². The van der Waals surface area contributed by atoms with Crippen molar-refractivity contribution in [3.05, 3.63) is 21.9 Å². The van der Waals surface area contributed by atoms with E-state index in [2.05, 4.69) is 30.2 Å². The summed E-state index contributed by atoms with van der Waals surface area (Å²) in [4.78, 5) is 3.91. The van der Waals surface area contributed by atoms with Crippen LogP contribution in [-0.4, -0.2) is 43.0 Å². The van der Waals surface area contributed by atoms with Gasteiger partial charge in [-0.25, -0.2) is 0 Å². The van der Waals surface area contributed by atoms with Gasteiger partial charge in [0, 0.05) is 36.9 Å². The largest absolute Gasteiger partial charge is 0.347 e. The van der Waals surface area contributed by atoms with Crippen LogP contribution in [0.3, 0.4) is 0 Å². The van der Waals surface area contributed by atoms with E-state index in [1.807, 2.05) is 11.3 Å². The van der Waals surface area contributed by atoms with Crippen LogP contribution < -0.4 is 5.73 Å². The molecule has 3 rings (SSSR count). The molecule has 112 valence electrons. The van der Waals surface area contributed by atoms with Gasteiger partial charge < -0.3 is 15.2 Å². The molecule has 1 aromatic rings. The number of likely N-dealkylation sites (tertiary alicyclic amines) is 1. The molecule has 0 aliphatic carbocycles. The van der Waals surface area contributed by atoms with Crippen molar-refractivity contribution in [2.45, 2.75) is 44.6 Å². The molecular formula is C15H24N2O2S. The van der Waals surface area contributed by atoms with Crippen molar-refractivity contribution in [1.29, 1.82) is 0 Å². The van der Waals surface area contributed by atoms with Crippen LogP contribution in [-0.2, 0) is 9.47 Å². The Bertz CT molecular complexity index is 444. The van der Waals surface area contributed by atoms with Crippen LogP contribution in [0.5, 0.6) is 0 Å². The summed E-state index contributed by atoms with van der Waals surface area (Å²) in [6.07, 6.45) is 1.89. The van der Waals surface area contributed by atoms with Crippen LogP contribution in [0, 0.1) is 6.92 Å². The van der Waals surface area contributed by atoms with Gasteiger partial charge in [-0.2, -0.15) is 0 Å². The highest BCUT2D eigenvalue weighted by Crippen LogP contribution is 2.37. The molecule has 0 amide bonds. The first-order valence-corrected chi connectivity index (χ1v) is 8.31. The fourth-order valence-corrected chi connectivity index (χ4v) is 4.53. The van der Waals surface area contributed by atoms with E-state index < -0.39 is 0 Å². The van der Waals surface area contributed by atoms with E-state index in [1.54, 1.807) is 0 Å². The zero-order valence-electron chi connectivity index (χ0n) is 12.3. The Kier molecular flexibility index (Phi) is 4.15. The second kappa shape index (κ2) is 5.73. The van der Waals surface area contributed by atoms with Gasteiger partial charge in [-0.05, 0) is 30.9 Å². The zero-order chi connectivity index (χ0) is 14.2. The molecule has 3 heterocycles. The van der Waals surface area contributed by atoms with Crippen molar-refractivity contribution < 1.29 is 9.47 Å². The summed E-state index contributed by atoms with van der Waals surface area (Å²) in [5, 5.41) is 2.16. The Morgan fingerprint density at radius 3 is 2.45 bits per heavy atom. The fourth-order valence-electron chi connectivity index (χ4n) is 3.35. The molecule has 2 fully saturated rings. The van der Waals surface area contributed by atoms with Crippen LogP contribution in [0.1, 0.15) is 36.2 Å². The number of piperidine rings is 1. The summed E-state index contributed by atoms with van der Waals surface area (Å²) in [6, 6.07) is 2.63. The summed E-state index contributed by atoms with van der Waals surface area (Å²) < 4.78 is 11.6. The number of nitrogens with zero attached hydrogens (tertiary/aromatic N) is 1. The summed E-state index contributed by atoms with van der Waals surface area (Å²) in [5.41, 5.74) is 7.63. The third kappa shape index (κ3) is 2.65. The molecule has 2 saturated heterocycles. The number of hydrogen-bond donors (Lipinski definition) is 1. The third-order valence-corrected chi connectivity index (χ3v) is 5.52. The molecule has 1 spiro atoms. The van der Waals surface area contributed by atoms with Gasteiger partial charge >= 0.3 is 0 Å². The molecule has 2 unspecified atom stereocenters. The van der Waals surface area contributed by atoms with E-state index in [4.69, 9.17) is 15.2 Å². The quantitative estimate of drug-likeness (QED) is 0.929. The summed E-state index contributed by atoms with van der Waals surface area (Å²) in [6.45, 7) is 7.74. The number of rotatable bonds is 3. The maximum atomic E-state index is 6.28. The van der Waals surface area contributed by atoms with Gasteiger partial charge in [0.05, 0.1) is 19.3 Å². The van der Waals surface area contributed by atoms with Gasteiger partial charge in [0.15, 0.2) is 5.79 Å². The molecule has 2 aliphatic heterocycles. The molecule has 1 aromatic heterocycles. The van der Waals surface area contributed by atoms with E-state index in [9.17, 15) is 0 Å². The lowest BCUT2D eigenvalue weighted by molar-refractivity contribution is -0.188. The van der Waals surface area contributed by atoms with E-state index in [0.29, 0.717) is 6.04 Å². The van der Waals surface area contributed by atoms with Crippen molar-refractivity contribution in [1.82, 2.24) is 4.90 Å². The minimum absolute atomic E-state index is 0.131. The second-order valence-corrected chi connectivity index (χ2v) is 6.86. The fraction of sp³-hybridized carbons (Fsp3) is 0.733. The van der Waals surface area contributed by atoms with E-state index in [0.717, 1.165) is 39.1 Å². The Hall–Kier alpha value is -0.460. The van der Waals surface area contributed by atoms with Gasteiger partial charge in [0.2, 0.25) is 0 Å². The van der Waals surface area contributed by atoms with Crippen LogP contribution in [0.2, 0.25) is 0 Å². The zero-order valence-corrected chi connectivity index (χ0v) is 13.1. The number of hydrogen-bond acceptors (Lipinski definition) is 5. The third-order valence-electron chi connectivity index (χ3n) is 4.44. The smallest absolute Gasteiger partial charge is 0.170 e. The van der Waals surface area contributed by atoms with Gasteiger partial charge in [-0.15, -0.1) is 11.3 Å². The Morgan fingerprint density at radius 2 is 1.95 bits per heavy atom. The number of nitrogens with two attached hydrogens (primary N) is 1. The topological polar surface area (TPSA) is 47.7 Å². The first-order chi connectivity index (χ1) is 9.61. The molecule has 5 heteroatoms. The predicted molar refractivity (Wildman–Crippen MR) is 80.9 cm³/mol. The van der Waals surface area contributed by atoms with Crippen LogP contribution in [0.25, 0.3) is 0 Å². The Balaban J connectivity index is 1.72. The molecule has 2 atom stereocenters. The lowest BCUT2D eigenvalue weighted by Crippen LogP contribution is -2.49. The molecule has 0 bridgehead atoms. The van der Waals surface area contributed by atoms with Crippen molar-refractivity contribution >= 4 is 11.3 Å². The molecular weight excluding hydrogens is 272 g/mol. The number of aryl methyl sites for hydroxylation is 1. The maximum Gasteiger partial charge on any atom is 0.170 e. The Morgan fingerprint density at radius 1 is 1.30 bits per heavy atom. The number of thiophene rings is 1. The van der Waals surface area contributed by atoms with Gasteiger partial charge in [0.25, 0.3) is 0 Å². The standard InChI is InChI=1S/C15H24N2O2S/c1-11-3-10-20-14(11)13(12(2)16)17-6-4-15(5-7-17)18-8-9-19-15/h3,10,12-13H,4-9,16H2,1-2H3. The van der Waals surface area contributed by atoms with Gasteiger partial charge in [-0.3, -0.25) is 4.90 Å². The monoisotopic (exact) mass is 296 g/mol. The number of ether oxygens (including phenoxy) is 2. The summed E-state index contributed by atoms with van der Waals surface area (Å²) >= 11 is 1.82. The molecule has 0 saturated carbocycles. The first-order valence-electron chi connectivity index (χ1n) is 7.43. The van der Waals surface area contributed by atoms with Crippen molar-refractivity contribution in [2.75, 3.05) is 26.3 Å². The highest BCUT2D eigenvalue weighted by atomic mass is 32.1. The molecule has 0 radical (unpaired) electrons. The van der Waals surface area contributed by atoms with Crippen molar-refractivity contribution in [3.63, 3.8) is 0 Å². The minimum Gasteiger partial charge on any atom is -0.347 e. The average Bonchev–Trinajstić information content (AvgIpc) is 3.03. The highest BCUT2D eigenvalue weighted by molar-refractivity contribution is 7.10. The highest BCUT2D eigenvalue weighted by Gasteiger charge is 2.42. The van der Waals surface area contributed by atoms with E-state index >= 15 is 0 Å². The van der Waals surface area contributed by atoms with E-state index in [1.165, 1.54) is 10.4 Å². The van der Waals surface area contributed by atoms with Crippen LogP contribution >= 0.6 is 11.3 Å². The normalized spacial score (nSPS) is 25.9. The summed E-state index contributed by atoms with van der Waals surface area (Å²) in [5.74, 6) is -0.302. The average molecular weight is 296 g/mol. The second-order valence-electron chi connectivity index (χ2n) is 5.92. The lowest BCUT2D eigenvalue weighted by Gasteiger charge is -2.42. The Labute approximate surface area is 124 Å². The van der Waals surface area contributed by atoms with Crippen molar-refractivity contribution in [2.24, 2.45) is 5.73 Å². The molecule has 2 N–H and O–H groups in total. The molecule has 0 aromatic carbocycles. The lowest BCUT2D eigenvalue weighted by atomic mass is 9.97. The molecule has 4 nitrogen and oxygen atoms in total. The SMILES string of the molecule is Cc1ccsc1C(C(C)N)N1CCC2(CC1)OCCO2. The molecule has 2 aliphatic rings. The first kappa shape index (κ1) is 14.5. The van der Waals surface area contributed by atoms with Gasteiger partial charge in [-0.1, -0.05) is 0 Å².